The molecule has 0 amide bonds. The first-order chi connectivity index (χ1) is 7.81. The van der Waals surface area contributed by atoms with Crippen molar-refractivity contribution in [2.24, 2.45) is 4.99 Å². The van der Waals surface area contributed by atoms with Crippen LogP contribution >= 0.6 is 12.2 Å². The second-order valence-electron chi connectivity index (χ2n) is 3.74. The summed E-state index contributed by atoms with van der Waals surface area (Å²) in [5.74, 6) is 0. The average molecular weight is 237 g/mol. The molecule has 0 fully saturated rings. The standard InChI is InChI=1S/C12H19N3S/c1-3-7-14(8-4-2)15-9-5-6-12(10-15)13-11-16/h5-6,10H,3-4,7-9H2,1-2H3. The number of thiocarbonyl (C=S) groups is 1. The highest BCUT2D eigenvalue weighted by Crippen LogP contribution is 2.12. The van der Waals surface area contributed by atoms with Crippen molar-refractivity contribution in [3.05, 3.63) is 24.0 Å². The lowest BCUT2D eigenvalue weighted by Gasteiger charge is -2.34. The normalized spacial score (nSPS) is 14.9. The third kappa shape index (κ3) is 3.89. The van der Waals surface area contributed by atoms with Gasteiger partial charge in [0, 0.05) is 19.3 Å². The molecule has 1 heterocycles. The lowest BCUT2D eigenvalue weighted by molar-refractivity contribution is 0.0303. The summed E-state index contributed by atoms with van der Waals surface area (Å²) in [4.78, 5) is 4.01. The average Bonchev–Trinajstić information content (AvgIpc) is 2.30. The summed E-state index contributed by atoms with van der Waals surface area (Å²) in [5.41, 5.74) is 0.874. The molecule has 0 unspecified atom stereocenters. The summed E-state index contributed by atoms with van der Waals surface area (Å²) in [5, 5.41) is 6.96. The van der Waals surface area contributed by atoms with E-state index < -0.39 is 0 Å². The largest absolute Gasteiger partial charge is 0.307 e. The van der Waals surface area contributed by atoms with Gasteiger partial charge < -0.3 is 5.01 Å². The van der Waals surface area contributed by atoms with Gasteiger partial charge in [-0.25, -0.2) is 5.01 Å². The molecule has 16 heavy (non-hydrogen) atoms. The van der Waals surface area contributed by atoms with Crippen molar-refractivity contribution >= 4 is 17.4 Å². The van der Waals surface area contributed by atoms with Crippen LogP contribution in [-0.4, -0.2) is 34.8 Å². The van der Waals surface area contributed by atoms with E-state index >= 15 is 0 Å². The Hall–Kier alpha value is -0.960. The van der Waals surface area contributed by atoms with Crippen LogP contribution < -0.4 is 0 Å². The maximum atomic E-state index is 4.62. The number of hydrogen-bond acceptors (Lipinski definition) is 4. The topological polar surface area (TPSA) is 18.8 Å². The van der Waals surface area contributed by atoms with Gasteiger partial charge in [-0.1, -0.05) is 19.9 Å². The molecule has 0 aliphatic carbocycles. The molecule has 88 valence electrons. The van der Waals surface area contributed by atoms with Crippen molar-refractivity contribution in [1.29, 1.82) is 0 Å². The van der Waals surface area contributed by atoms with E-state index in [9.17, 15) is 0 Å². The van der Waals surface area contributed by atoms with E-state index in [4.69, 9.17) is 0 Å². The molecule has 1 aliphatic rings. The summed E-state index contributed by atoms with van der Waals surface area (Å²) in [7, 11) is 0. The summed E-state index contributed by atoms with van der Waals surface area (Å²) in [6.07, 6.45) is 8.42. The zero-order valence-electron chi connectivity index (χ0n) is 10.0. The van der Waals surface area contributed by atoms with Gasteiger partial charge in [-0.3, -0.25) is 0 Å². The monoisotopic (exact) mass is 237 g/mol. The second-order valence-corrected chi connectivity index (χ2v) is 3.92. The molecular formula is C12H19N3S. The van der Waals surface area contributed by atoms with Gasteiger partial charge in [-0.05, 0) is 31.1 Å². The molecule has 0 radical (unpaired) electrons. The molecule has 0 N–H and O–H groups in total. The number of hydrazine groups is 1. The Morgan fingerprint density at radius 3 is 2.69 bits per heavy atom. The Balaban J connectivity index is 2.70. The van der Waals surface area contributed by atoms with Gasteiger partial charge in [0.25, 0.3) is 0 Å². The van der Waals surface area contributed by atoms with Crippen molar-refractivity contribution in [2.45, 2.75) is 26.7 Å². The van der Waals surface area contributed by atoms with Gasteiger partial charge in [0.15, 0.2) is 0 Å². The van der Waals surface area contributed by atoms with Crippen molar-refractivity contribution in [3.63, 3.8) is 0 Å². The van der Waals surface area contributed by atoms with E-state index in [0.717, 1.165) is 38.2 Å². The molecule has 0 aromatic carbocycles. The summed E-state index contributed by atoms with van der Waals surface area (Å²) < 4.78 is 0. The van der Waals surface area contributed by atoms with E-state index in [-0.39, 0.29) is 0 Å². The Bertz CT molecular complexity index is 310. The van der Waals surface area contributed by atoms with Gasteiger partial charge >= 0.3 is 0 Å². The van der Waals surface area contributed by atoms with E-state index in [2.05, 4.69) is 52.3 Å². The van der Waals surface area contributed by atoms with Crippen molar-refractivity contribution in [2.75, 3.05) is 19.6 Å². The van der Waals surface area contributed by atoms with Crippen molar-refractivity contribution in [3.8, 4) is 0 Å². The molecule has 3 nitrogen and oxygen atoms in total. The lowest BCUT2D eigenvalue weighted by atomic mass is 10.3. The van der Waals surface area contributed by atoms with Gasteiger partial charge in [0.2, 0.25) is 0 Å². The number of allylic oxidation sites excluding steroid dienone is 1. The number of aliphatic imine (C=N–C) groups is 1. The van der Waals surface area contributed by atoms with Gasteiger partial charge in [-0.15, -0.1) is 0 Å². The highest BCUT2D eigenvalue weighted by atomic mass is 32.1. The van der Waals surface area contributed by atoms with Crippen LogP contribution in [0, 0.1) is 0 Å². The first-order valence-electron chi connectivity index (χ1n) is 5.79. The van der Waals surface area contributed by atoms with Crippen LogP contribution in [0.4, 0.5) is 0 Å². The second kappa shape index (κ2) is 7.34. The van der Waals surface area contributed by atoms with Crippen LogP contribution in [0.1, 0.15) is 26.7 Å². The highest BCUT2D eigenvalue weighted by Gasteiger charge is 2.12. The fourth-order valence-electron chi connectivity index (χ4n) is 1.73. The van der Waals surface area contributed by atoms with Crippen LogP contribution in [0.5, 0.6) is 0 Å². The predicted octanol–water partition coefficient (Wildman–Crippen LogP) is 2.84. The number of nitrogens with zero attached hydrogens (tertiary/aromatic N) is 3. The molecule has 1 aliphatic heterocycles. The lowest BCUT2D eigenvalue weighted by Crippen LogP contribution is -2.41. The zero-order valence-corrected chi connectivity index (χ0v) is 10.8. The minimum atomic E-state index is 0.874. The predicted molar refractivity (Wildman–Crippen MR) is 71.1 cm³/mol. The van der Waals surface area contributed by atoms with Crippen LogP contribution in [0.2, 0.25) is 0 Å². The molecule has 0 atom stereocenters. The third-order valence-corrected chi connectivity index (χ3v) is 2.46. The SMILES string of the molecule is CCCN(CCC)N1C=C(N=C=S)C=CC1. The van der Waals surface area contributed by atoms with Crippen molar-refractivity contribution < 1.29 is 0 Å². The smallest absolute Gasteiger partial charge is 0.0910 e. The van der Waals surface area contributed by atoms with Crippen LogP contribution in [0.3, 0.4) is 0 Å². The maximum absolute atomic E-state index is 4.62. The number of isothiocyanates is 1. The fraction of sp³-hybridized carbons (Fsp3) is 0.583. The first kappa shape index (κ1) is 13.1. The Kier molecular flexibility index (Phi) is 6.01. The van der Waals surface area contributed by atoms with E-state index in [1.165, 1.54) is 0 Å². The fourth-order valence-corrected chi connectivity index (χ4v) is 1.84. The maximum Gasteiger partial charge on any atom is 0.0910 e. The molecule has 0 spiro atoms. The van der Waals surface area contributed by atoms with E-state index in [0.29, 0.717) is 0 Å². The van der Waals surface area contributed by atoms with Crippen LogP contribution in [0.15, 0.2) is 29.0 Å². The molecule has 0 aromatic heterocycles. The minimum absolute atomic E-state index is 0.874. The quantitative estimate of drug-likeness (QED) is 0.523. The zero-order chi connectivity index (χ0) is 11.8. The molecular weight excluding hydrogens is 218 g/mol. The Morgan fingerprint density at radius 2 is 2.12 bits per heavy atom. The first-order valence-corrected chi connectivity index (χ1v) is 6.20. The molecule has 1 rings (SSSR count). The molecule has 0 saturated carbocycles. The molecule has 4 heteroatoms. The minimum Gasteiger partial charge on any atom is -0.307 e. The van der Waals surface area contributed by atoms with Gasteiger partial charge in [0.05, 0.1) is 17.4 Å². The highest BCUT2D eigenvalue weighted by molar-refractivity contribution is 7.78. The summed E-state index contributed by atoms with van der Waals surface area (Å²) in [6, 6.07) is 0. The number of hydrogen-bond donors (Lipinski definition) is 0. The van der Waals surface area contributed by atoms with Crippen LogP contribution in [0.25, 0.3) is 0 Å². The Labute approximate surface area is 103 Å². The summed E-state index contributed by atoms with van der Waals surface area (Å²) >= 11 is 4.62. The van der Waals surface area contributed by atoms with Crippen molar-refractivity contribution in [1.82, 2.24) is 10.0 Å². The number of rotatable bonds is 6. The molecule has 0 saturated heterocycles. The third-order valence-electron chi connectivity index (χ3n) is 2.36. The van der Waals surface area contributed by atoms with E-state index in [1.807, 2.05) is 12.3 Å². The molecule has 0 bridgehead atoms. The van der Waals surface area contributed by atoms with Gasteiger partial charge in [0.1, 0.15) is 0 Å². The molecule has 0 aromatic rings. The summed E-state index contributed by atoms with van der Waals surface area (Å²) in [6.45, 7) is 7.46. The van der Waals surface area contributed by atoms with Gasteiger partial charge in [-0.2, -0.15) is 4.99 Å². The van der Waals surface area contributed by atoms with E-state index in [1.54, 1.807) is 0 Å². The Morgan fingerprint density at radius 1 is 1.44 bits per heavy atom. The van der Waals surface area contributed by atoms with Crippen LogP contribution in [-0.2, 0) is 0 Å².